The molecule has 1 aliphatic heterocycles. The summed E-state index contributed by atoms with van der Waals surface area (Å²) < 4.78 is 47.0. The predicted molar refractivity (Wildman–Crippen MR) is 144 cm³/mol. The summed E-state index contributed by atoms with van der Waals surface area (Å²) in [7, 11) is 1.05. The highest BCUT2D eigenvalue weighted by Crippen LogP contribution is 2.36. The van der Waals surface area contributed by atoms with Crippen molar-refractivity contribution >= 4 is 35.1 Å². The first-order valence-electron chi connectivity index (χ1n) is 12.3. The first-order valence-corrected chi connectivity index (χ1v) is 12.3. The molecule has 0 bridgehead atoms. The average molecular weight is 518 g/mol. The highest BCUT2D eigenvalue weighted by molar-refractivity contribution is 6.62. The first kappa shape index (κ1) is 25.9. The van der Waals surface area contributed by atoms with Crippen LogP contribution in [0.25, 0.3) is 10.9 Å². The lowest BCUT2D eigenvalue weighted by atomic mass is 9.78. The Bertz CT molecular complexity index is 1480. The van der Waals surface area contributed by atoms with E-state index in [-0.39, 0.29) is 5.69 Å². The SMILES string of the molecule is COc1ccc(Cn2c(C(=O)Nc3cc(F)cc(F)c3)cc3cc(B4OC(C)(C)C(C)(C)O4)ccc32)cc1. The summed E-state index contributed by atoms with van der Waals surface area (Å²) in [6.45, 7) is 8.37. The molecule has 0 saturated carbocycles. The molecule has 0 atom stereocenters. The summed E-state index contributed by atoms with van der Waals surface area (Å²) in [5.74, 6) is -1.31. The lowest BCUT2D eigenvalue weighted by Gasteiger charge is -2.32. The molecule has 1 N–H and O–H groups in total. The van der Waals surface area contributed by atoms with Crippen LogP contribution in [0.3, 0.4) is 0 Å². The number of anilines is 1. The molecule has 38 heavy (non-hydrogen) atoms. The number of halogens is 2. The number of hydrogen-bond donors (Lipinski definition) is 1. The second-order valence-electron chi connectivity index (χ2n) is 10.5. The summed E-state index contributed by atoms with van der Waals surface area (Å²) in [6, 6.07) is 18.0. The van der Waals surface area contributed by atoms with E-state index in [1.165, 1.54) is 0 Å². The average Bonchev–Trinajstić information content (AvgIpc) is 3.31. The summed E-state index contributed by atoms with van der Waals surface area (Å²) in [4.78, 5) is 13.4. The van der Waals surface area contributed by atoms with Crippen LogP contribution in [0.2, 0.25) is 0 Å². The lowest BCUT2D eigenvalue weighted by molar-refractivity contribution is 0.00578. The normalized spacial score (nSPS) is 16.1. The quantitative estimate of drug-likeness (QED) is 0.341. The fourth-order valence-corrected chi connectivity index (χ4v) is 4.51. The number of methoxy groups -OCH3 is 1. The van der Waals surface area contributed by atoms with E-state index in [2.05, 4.69) is 5.32 Å². The topological polar surface area (TPSA) is 61.7 Å². The van der Waals surface area contributed by atoms with Gasteiger partial charge in [-0.25, -0.2) is 8.78 Å². The number of nitrogens with one attached hydrogen (secondary N) is 1. The Morgan fingerprint density at radius 3 is 2.16 bits per heavy atom. The van der Waals surface area contributed by atoms with Crippen LogP contribution < -0.4 is 15.5 Å². The minimum atomic E-state index is -0.772. The van der Waals surface area contributed by atoms with E-state index in [0.717, 1.165) is 45.9 Å². The van der Waals surface area contributed by atoms with Gasteiger partial charge in [-0.2, -0.15) is 0 Å². The molecule has 1 fully saturated rings. The van der Waals surface area contributed by atoms with Crippen molar-refractivity contribution in [1.82, 2.24) is 4.57 Å². The number of benzene rings is 3. The molecule has 1 aromatic heterocycles. The maximum Gasteiger partial charge on any atom is 0.494 e. The van der Waals surface area contributed by atoms with Crippen molar-refractivity contribution in [1.29, 1.82) is 0 Å². The highest BCUT2D eigenvalue weighted by Gasteiger charge is 2.51. The van der Waals surface area contributed by atoms with Gasteiger partial charge in [0.15, 0.2) is 0 Å². The molecule has 1 saturated heterocycles. The third-order valence-electron chi connectivity index (χ3n) is 7.30. The third kappa shape index (κ3) is 4.91. The maximum absolute atomic E-state index is 13.7. The first-order chi connectivity index (χ1) is 18.0. The number of nitrogens with zero attached hydrogens (tertiary/aromatic N) is 1. The standard InChI is InChI=1S/C29H29BF2N2O4/c1-28(2)29(3,4)38-30(37-28)20-8-11-25-19(12-20)13-26(27(35)33-23-15-21(31)14-22(32)16-23)34(25)17-18-6-9-24(36-5)10-7-18/h6-16H,17H2,1-5H3,(H,33,35). The van der Waals surface area contributed by atoms with E-state index in [1.807, 2.05) is 74.7 Å². The molecule has 4 aromatic rings. The molecular weight excluding hydrogens is 489 g/mol. The molecule has 5 rings (SSSR count). The second-order valence-corrected chi connectivity index (χ2v) is 10.5. The van der Waals surface area contributed by atoms with E-state index >= 15 is 0 Å². The maximum atomic E-state index is 13.7. The van der Waals surface area contributed by atoms with Crippen LogP contribution >= 0.6 is 0 Å². The lowest BCUT2D eigenvalue weighted by Crippen LogP contribution is -2.41. The van der Waals surface area contributed by atoms with Gasteiger partial charge in [0.2, 0.25) is 0 Å². The van der Waals surface area contributed by atoms with Crippen LogP contribution in [0.1, 0.15) is 43.7 Å². The largest absolute Gasteiger partial charge is 0.497 e. The Morgan fingerprint density at radius 2 is 1.55 bits per heavy atom. The summed E-state index contributed by atoms with van der Waals surface area (Å²) in [6.07, 6.45) is 0. The zero-order valence-corrected chi connectivity index (χ0v) is 22.0. The van der Waals surface area contributed by atoms with E-state index in [9.17, 15) is 13.6 Å². The molecule has 9 heteroatoms. The monoisotopic (exact) mass is 518 g/mol. The van der Waals surface area contributed by atoms with Crippen LogP contribution in [0.15, 0.2) is 66.7 Å². The molecule has 196 valence electrons. The molecule has 1 amide bonds. The number of fused-ring (bicyclic) bond motifs is 1. The minimum Gasteiger partial charge on any atom is -0.497 e. The fraction of sp³-hybridized carbons (Fsp3) is 0.276. The van der Waals surface area contributed by atoms with Crippen LogP contribution in [0.5, 0.6) is 5.75 Å². The van der Waals surface area contributed by atoms with Gasteiger partial charge in [-0.15, -0.1) is 0 Å². The van der Waals surface area contributed by atoms with E-state index in [4.69, 9.17) is 14.0 Å². The highest BCUT2D eigenvalue weighted by atomic mass is 19.1. The van der Waals surface area contributed by atoms with Crippen molar-refractivity contribution in [3.63, 3.8) is 0 Å². The van der Waals surface area contributed by atoms with E-state index in [0.29, 0.717) is 12.2 Å². The number of hydrogen-bond acceptors (Lipinski definition) is 4. The van der Waals surface area contributed by atoms with Gasteiger partial charge in [0.25, 0.3) is 5.91 Å². The zero-order chi connectivity index (χ0) is 27.2. The van der Waals surface area contributed by atoms with Crippen molar-refractivity contribution in [2.24, 2.45) is 0 Å². The Balaban J connectivity index is 1.54. The number of carbonyl (C=O) groups is 1. The molecule has 0 aliphatic carbocycles. The Hall–Kier alpha value is -3.69. The predicted octanol–water partition coefficient (Wildman–Crippen LogP) is 5.53. The van der Waals surface area contributed by atoms with Gasteiger partial charge in [-0.05, 0) is 75.1 Å². The van der Waals surface area contributed by atoms with Crippen LogP contribution in [0, 0.1) is 11.6 Å². The van der Waals surface area contributed by atoms with Crippen LogP contribution in [0.4, 0.5) is 14.5 Å². The van der Waals surface area contributed by atoms with Crippen molar-refractivity contribution in [3.8, 4) is 5.75 Å². The van der Waals surface area contributed by atoms with Crippen molar-refractivity contribution in [2.45, 2.75) is 45.4 Å². The van der Waals surface area contributed by atoms with Gasteiger partial charge in [0.05, 0.1) is 18.3 Å². The number of rotatable bonds is 6. The molecule has 0 spiro atoms. The van der Waals surface area contributed by atoms with Gasteiger partial charge < -0.3 is 23.9 Å². The molecule has 0 unspecified atom stereocenters. The minimum absolute atomic E-state index is 0.0339. The van der Waals surface area contributed by atoms with Crippen molar-refractivity contribution in [3.05, 3.63) is 89.6 Å². The second kappa shape index (κ2) is 9.56. The molecule has 0 radical (unpaired) electrons. The van der Waals surface area contributed by atoms with E-state index < -0.39 is 35.9 Å². The van der Waals surface area contributed by atoms with Gasteiger partial charge in [0, 0.05) is 29.2 Å². The number of amides is 1. The summed E-state index contributed by atoms with van der Waals surface area (Å²) in [5.41, 5.74) is 1.99. The Labute approximate surface area is 220 Å². The Kier molecular flexibility index (Phi) is 6.53. The smallest absolute Gasteiger partial charge is 0.494 e. The fourth-order valence-electron chi connectivity index (χ4n) is 4.51. The summed E-state index contributed by atoms with van der Waals surface area (Å²) in [5, 5.41) is 3.43. The van der Waals surface area contributed by atoms with Crippen molar-refractivity contribution < 1.29 is 27.6 Å². The van der Waals surface area contributed by atoms with Crippen LogP contribution in [-0.4, -0.2) is 35.9 Å². The summed E-state index contributed by atoms with van der Waals surface area (Å²) >= 11 is 0. The number of carbonyl (C=O) groups excluding carboxylic acids is 1. The Morgan fingerprint density at radius 1 is 0.921 bits per heavy atom. The van der Waals surface area contributed by atoms with Gasteiger partial charge in [0.1, 0.15) is 23.1 Å². The zero-order valence-electron chi connectivity index (χ0n) is 22.0. The number of ether oxygens (including phenoxy) is 1. The molecule has 2 heterocycles. The van der Waals surface area contributed by atoms with Gasteiger partial charge in [-0.3, -0.25) is 4.79 Å². The van der Waals surface area contributed by atoms with E-state index in [1.54, 1.807) is 13.2 Å². The molecule has 1 aliphatic rings. The van der Waals surface area contributed by atoms with Gasteiger partial charge >= 0.3 is 7.12 Å². The third-order valence-corrected chi connectivity index (χ3v) is 7.30. The molecular formula is C29H29BF2N2O4. The van der Waals surface area contributed by atoms with Crippen molar-refractivity contribution in [2.75, 3.05) is 12.4 Å². The molecule has 3 aromatic carbocycles. The van der Waals surface area contributed by atoms with Crippen LogP contribution in [-0.2, 0) is 15.9 Å². The van der Waals surface area contributed by atoms with Gasteiger partial charge in [-0.1, -0.05) is 24.3 Å². The molecule has 6 nitrogen and oxygen atoms in total. The number of aromatic nitrogens is 1.